The van der Waals surface area contributed by atoms with Crippen molar-refractivity contribution >= 4 is 25.7 Å². The molecule has 0 amide bonds. The molecule has 5 nitrogen and oxygen atoms in total. The van der Waals surface area contributed by atoms with Gasteiger partial charge in [0.05, 0.1) is 32.8 Å². The lowest BCUT2D eigenvalue weighted by Gasteiger charge is -2.32. The van der Waals surface area contributed by atoms with E-state index < -0.39 is 25.8 Å². The summed E-state index contributed by atoms with van der Waals surface area (Å²) >= 11 is 3.20. The van der Waals surface area contributed by atoms with Gasteiger partial charge in [-0.3, -0.25) is 0 Å². The zero-order valence-corrected chi connectivity index (χ0v) is 15.6. The van der Waals surface area contributed by atoms with Gasteiger partial charge in [-0.2, -0.15) is 5.26 Å². The van der Waals surface area contributed by atoms with E-state index in [9.17, 15) is 13.9 Å². The predicted molar refractivity (Wildman–Crippen MR) is 91.6 cm³/mol. The second-order valence-corrected chi connectivity index (χ2v) is 9.86. The molecule has 0 bridgehead atoms. The van der Waals surface area contributed by atoms with Gasteiger partial charge in [0.1, 0.15) is 15.2 Å². The average Bonchev–Trinajstić information content (AvgIpc) is 2.61. The molecule has 0 radical (unpaired) electrons. The van der Waals surface area contributed by atoms with Crippen LogP contribution in [-0.4, -0.2) is 26.2 Å². The van der Waals surface area contributed by atoms with Gasteiger partial charge in [-0.1, -0.05) is 0 Å². The average molecular weight is 403 g/mol. The molecule has 1 aliphatic rings. The highest BCUT2D eigenvalue weighted by Crippen LogP contribution is 2.33. The van der Waals surface area contributed by atoms with Crippen LogP contribution in [0.1, 0.15) is 38.8 Å². The monoisotopic (exact) mass is 402 g/mol. The number of hydrogen-bond acceptors (Lipinski definition) is 5. The smallest absolute Gasteiger partial charge is 0.146 e. The summed E-state index contributed by atoms with van der Waals surface area (Å²) in [7, 11) is -2.94. The maximum Gasteiger partial charge on any atom is 0.146 e. The van der Waals surface area contributed by atoms with Crippen LogP contribution in [0.2, 0.25) is 0 Å². The lowest BCUT2D eigenvalue weighted by Crippen LogP contribution is -2.47. The van der Waals surface area contributed by atoms with Gasteiger partial charge in [-0.05, 0) is 61.2 Å². The second-order valence-electron chi connectivity index (χ2n) is 6.32. The van der Waals surface area contributed by atoms with Crippen LogP contribution in [0.5, 0.6) is 0 Å². The van der Waals surface area contributed by atoms with Crippen molar-refractivity contribution in [3.8, 4) is 6.07 Å². The van der Waals surface area contributed by atoms with Crippen LogP contribution < -0.4 is 5.73 Å². The van der Waals surface area contributed by atoms with Crippen molar-refractivity contribution in [2.24, 2.45) is 10.1 Å². The Hall–Kier alpha value is -1.04. The van der Waals surface area contributed by atoms with Crippen molar-refractivity contribution in [2.75, 3.05) is 12.3 Å². The number of halogens is 2. The van der Waals surface area contributed by atoms with E-state index in [2.05, 4.69) is 31.3 Å². The predicted octanol–water partition coefficient (Wildman–Crippen LogP) is 3.09. The van der Waals surface area contributed by atoms with E-state index in [1.54, 1.807) is 13.8 Å². The number of pyridine rings is 1. The highest BCUT2D eigenvalue weighted by Gasteiger charge is 2.43. The summed E-state index contributed by atoms with van der Waals surface area (Å²) < 4.78 is 31.3. The van der Waals surface area contributed by atoms with Crippen LogP contribution in [-0.2, 0) is 15.3 Å². The number of aromatic nitrogens is 1. The SMILES string of the molecule is CC(N)(CS1(=O)=NCCCCC1(C)C#N)c1nc(Br)ccc1F. The third kappa shape index (κ3) is 3.57. The summed E-state index contributed by atoms with van der Waals surface area (Å²) in [6, 6.07) is 4.90. The number of nitriles is 1. The molecular formula is C15H20BrFN4OS. The first kappa shape index (κ1) is 18.3. The van der Waals surface area contributed by atoms with Gasteiger partial charge in [-0.15, -0.1) is 0 Å². The van der Waals surface area contributed by atoms with Gasteiger partial charge >= 0.3 is 0 Å². The number of nitrogens with two attached hydrogens (primary N) is 1. The summed E-state index contributed by atoms with van der Waals surface area (Å²) in [6.07, 6.45) is 2.07. The van der Waals surface area contributed by atoms with E-state index in [1.165, 1.54) is 12.1 Å². The Morgan fingerprint density at radius 2 is 2.26 bits per heavy atom. The van der Waals surface area contributed by atoms with E-state index in [1.807, 2.05) is 0 Å². The van der Waals surface area contributed by atoms with Crippen molar-refractivity contribution in [3.05, 3.63) is 28.2 Å². The first-order valence-electron chi connectivity index (χ1n) is 7.36. The molecule has 0 saturated heterocycles. The summed E-state index contributed by atoms with van der Waals surface area (Å²) in [6.45, 7) is 3.67. The zero-order valence-electron chi connectivity index (χ0n) is 13.2. The molecule has 0 spiro atoms. The third-order valence-electron chi connectivity index (χ3n) is 4.15. The zero-order chi connectivity index (χ0) is 17.3. The summed E-state index contributed by atoms with van der Waals surface area (Å²) in [5.41, 5.74) is 5.01. The van der Waals surface area contributed by atoms with Crippen LogP contribution in [0, 0.1) is 17.1 Å². The molecular weight excluding hydrogens is 383 g/mol. The molecule has 23 heavy (non-hydrogen) atoms. The molecule has 1 aromatic heterocycles. The minimum absolute atomic E-state index is 0.0225. The minimum atomic E-state index is -2.94. The number of nitrogens with zero attached hydrogens (tertiary/aromatic N) is 3. The van der Waals surface area contributed by atoms with Crippen LogP contribution in [0.15, 0.2) is 21.1 Å². The highest BCUT2D eigenvalue weighted by molar-refractivity contribution is 9.10. The Kier molecular flexibility index (Phi) is 5.14. The molecule has 0 aromatic carbocycles. The Bertz CT molecular complexity index is 767. The van der Waals surface area contributed by atoms with Crippen molar-refractivity contribution in [3.63, 3.8) is 0 Å². The van der Waals surface area contributed by atoms with E-state index in [-0.39, 0.29) is 11.4 Å². The van der Waals surface area contributed by atoms with Crippen molar-refractivity contribution in [1.29, 1.82) is 5.26 Å². The molecule has 3 atom stereocenters. The first-order chi connectivity index (χ1) is 10.6. The van der Waals surface area contributed by atoms with Crippen LogP contribution in [0.3, 0.4) is 0 Å². The van der Waals surface area contributed by atoms with Gasteiger partial charge in [-0.25, -0.2) is 17.9 Å². The molecule has 8 heteroatoms. The number of rotatable bonds is 3. The molecule has 3 unspecified atom stereocenters. The minimum Gasteiger partial charge on any atom is -0.319 e. The molecule has 2 heterocycles. The molecule has 1 aliphatic heterocycles. The quantitative estimate of drug-likeness (QED) is 0.785. The Morgan fingerprint density at radius 3 is 2.91 bits per heavy atom. The Morgan fingerprint density at radius 1 is 1.57 bits per heavy atom. The fourth-order valence-electron chi connectivity index (χ4n) is 2.71. The van der Waals surface area contributed by atoms with Gasteiger partial charge in [0.25, 0.3) is 0 Å². The fourth-order valence-corrected chi connectivity index (χ4v) is 5.70. The van der Waals surface area contributed by atoms with Crippen LogP contribution in [0.4, 0.5) is 4.39 Å². The van der Waals surface area contributed by atoms with Gasteiger partial charge in [0.15, 0.2) is 0 Å². The molecule has 0 fully saturated rings. The van der Waals surface area contributed by atoms with E-state index in [4.69, 9.17) is 5.73 Å². The summed E-state index contributed by atoms with van der Waals surface area (Å²) in [4.78, 5) is 4.10. The molecule has 0 aliphatic carbocycles. The largest absolute Gasteiger partial charge is 0.319 e. The van der Waals surface area contributed by atoms with Crippen molar-refractivity contribution in [2.45, 2.75) is 43.4 Å². The Labute approximate surface area is 144 Å². The molecule has 2 N–H and O–H groups in total. The van der Waals surface area contributed by atoms with E-state index >= 15 is 0 Å². The van der Waals surface area contributed by atoms with Crippen LogP contribution in [0.25, 0.3) is 0 Å². The van der Waals surface area contributed by atoms with Gasteiger partial charge < -0.3 is 5.73 Å². The lowest BCUT2D eigenvalue weighted by molar-refractivity contribution is 0.478. The lowest BCUT2D eigenvalue weighted by atomic mass is 10.0. The summed E-state index contributed by atoms with van der Waals surface area (Å²) in [5, 5.41) is 9.55. The standard InChI is InChI=1S/C15H20BrFN4OS/c1-14(9-18)7-3-4-8-20-23(14,22)10-15(2,19)13-11(17)5-6-12(16)21-13/h5-6H,3-4,7-8,10,19H2,1-2H3. The second kappa shape index (κ2) is 6.46. The van der Waals surface area contributed by atoms with E-state index in [0.717, 1.165) is 12.8 Å². The Balaban J connectivity index is 2.50. The maximum absolute atomic E-state index is 14.1. The van der Waals surface area contributed by atoms with Gasteiger partial charge in [0, 0.05) is 6.54 Å². The molecule has 1 aromatic rings. The normalized spacial score (nSPS) is 30.6. The van der Waals surface area contributed by atoms with E-state index in [0.29, 0.717) is 17.6 Å². The molecule has 0 saturated carbocycles. The number of hydrogen-bond donors (Lipinski definition) is 1. The third-order valence-corrected chi connectivity index (χ3v) is 7.89. The first-order valence-corrected chi connectivity index (χ1v) is 9.84. The van der Waals surface area contributed by atoms with Crippen LogP contribution >= 0.6 is 15.9 Å². The van der Waals surface area contributed by atoms with Gasteiger partial charge in [0.2, 0.25) is 0 Å². The van der Waals surface area contributed by atoms with Crippen molar-refractivity contribution in [1.82, 2.24) is 4.98 Å². The fraction of sp³-hybridized carbons (Fsp3) is 0.600. The molecule has 126 valence electrons. The van der Waals surface area contributed by atoms with Crippen molar-refractivity contribution < 1.29 is 8.60 Å². The maximum atomic E-state index is 14.1. The topological polar surface area (TPSA) is 92.1 Å². The highest BCUT2D eigenvalue weighted by atomic mass is 79.9. The summed E-state index contributed by atoms with van der Waals surface area (Å²) in [5.74, 6) is -0.668. The molecule has 2 rings (SSSR count).